The van der Waals surface area contributed by atoms with Gasteiger partial charge in [0, 0.05) is 35.3 Å². The highest BCUT2D eigenvalue weighted by molar-refractivity contribution is 6.02. The number of aliphatic hydroxyl groups is 1. The van der Waals surface area contributed by atoms with Gasteiger partial charge < -0.3 is 44.6 Å². The number of alkyl halides is 1. The minimum absolute atomic E-state index is 0.00852. The van der Waals surface area contributed by atoms with Gasteiger partial charge in [-0.1, -0.05) is 6.92 Å². The van der Waals surface area contributed by atoms with Crippen LogP contribution in [0.25, 0.3) is 5.95 Å². The number of amides is 1. The SMILES string of the molecule is CCCOC(=O)/N=C(\N)c1ccc(N[C@@H](c2nc(OCOC(=O)OC(C)(C)CF)n(-c3ncccn3)n2)c2cc(OC)cc(OCCO)c2F)cc1. The van der Waals surface area contributed by atoms with Gasteiger partial charge >= 0.3 is 18.3 Å². The maximum atomic E-state index is 16.2. The van der Waals surface area contributed by atoms with E-state index in [9.17, 15) is 19.1 Å². The highest BCUT2D eigenvalue weighted by atomic mass is 19.1. The van der Waals surface area contributed by atoms with Crippen LogP contribution in [0.4, 0.5) is 24.1 Å². The summed E-state index contributed by atoms with van der Waals surface area (Å²) < 4.78 is 61.7. The fourth-order valence-electron chi connectivity index (χ4n) is 4.22. The fraction of sp³-hybridized carbons (Fsp3) is 0.364. The van der Waals surface area contributed by atoms with E-state index in [2.05, 4.69) is 30.4 Å². The van der Waals surface area contributed by atoms with Crippen molar-refractivity contribution < 1.29 is 51.9 Å². The number of methoxy groups -OCH3 is 1. The molecule has 0 fully saturated rings. The maximum absolute atomic E-state index is 16.2. The van der Waals surface area contributed by atoms with Crippen LogP contribution < -0.4 is 25.3 Å². The van der Waals surface area contributed by atoms with Crippen LogP contribution in [0.15, 0.2) is 59.9 Å². The molecule has 19 heteroatoms. The standard InChI is InChI=1S/C33H38F2N8O9/c1-5-14-49-31(45)40-27(36)20-7-9-21(10-8-20)39-26(23-16-22(47-4)17-24(25(23)35)48-15-13-44)28-41-30(43(42-28)29-37-11-6-12-38-29)50-19-51-32(46)52-33(2,3)18-34/h6-12,16-17,26,39,44H,5,13-15,18-19H2,1-4H3,(H2,36,40,45)/t26-/m1/s1. The van der Waals surface area contributed by atoms with Crippen molar-refractivity contribution in [2.24, 2.45) is 10.7 Å². The molecule has 4 rings (SSSR count). The van der Waals surface area contributed by atoms with Gasteiger partial charge in [-0.15, -0.1) is 9.78 Å². The normalized spacial score (nSPS) is 12.1. The fourth-order valence-corrected chi connectivity index (χ4v) is 4.22. The molecule has 4 N–H and O–H groups in total. The first-order chi connectivity index (χ1) is 25.0. The van der Waals surface area contributed by atoms with Gasteiger partial charge in [0.05, 0.1) is 20.3 Å². The molecule has 0 unspecified atom stereocenters. The van der Waals surface area contributed by atoms with Crippen molar-refractivity contribution in [1.82, 2.24) is 24.7 Å². The van der Waals surface area contributed by atoms with Gasteiger partial charge in [-0.25, -0.2) is 28.3 Å². The van der Waals surface area contributed by atoms with E-state index in [0.717, 1.165) is 4.68 Å². The molecule has 0 radical (unpaired) electrons. The lowest BCUT2D eigenvalue weighted by atomic mass is 10.0. The van der Waals surface area contributed by atoms with E-state index in [-0.39, 0.29) is 60.5 Å². The lowest BCUT2D eigenvalue weighted by Gasteiger charge is -2.21. The Balaban J connectivity index is 1.75. The third-order valence-electron chi connectivity index (χ3n) is 6.71. The van der Waals surface area contributed by atoms with Gasteiger partial charge in [-0.3, -0.25) is 0 Å². The number of nitrogens with two attached hydrogens (primary N) is 1. The number of halogens is 2. The molecular formula is C33H38F2N8O9. The second-order valence-electron chi connectivity index (χ2n) is 11.2. The number of hydrogen-bond donors (Lipinski definition) is 3. The Kier molecular flexibility index (Phi) is 13.6. The Hall–Kier alpha value is -6.11. The van der Waals surface area contributed by atoms with Crippen LogP contribution >= 0.6 is 0 Å². The summed E-state index contributed by atoms with van der Waals surface area (Å²) in [4.78, 5) is 40.6. The van der Waals surface area contributed by atoms with Crippen molar-refractivity contribution in [1.29, 1.82) is 0 Å². The predicted molar refractivity (Wildman–Crippen MR) is 180 cm³/mol. The lowest BCUT2D eigenvalue weighted by Crippen LogP contribution is -2.31. The number of benzene rings is 2. The second kappa shape index (κ2) is 18.2. The Morgan fingerprint density at radius 3 is 2.48 bits per heavy atom. The number of aromatic nitrogens is 5. The molecule has 0 spiro atoms. The Morgan fingerprint density at radius 2 is 1.83 bits per heavy atom. The first kappa shape index (κ1) is 38.7. The van der Waals surface area contributed by atoms with E-state index in [0.29, 0.717) is 17.7 Å². The molecule has 278 valence electrons. The number of amidine groups is 1. The zero-order valence-corrected chi connectivity index (χ0v) is 28.7. The van der Waals surface area contributed by atoms with Crippen LogP contribution in [0, 0.1) is 5.82 Å². The molecule has 0 saturated carbocycles. The number of nitrogens with zero attached hydrogens (tertiary/aromatic N) is 6. The van der Waals surface area contributed by atoms with Crippen molar-refractivity contribution in [3.05, 3.63) is 77.6 Å². The van der Waals surface area contributed by atoms with E-state index in [1.807, 2.05) is 6.92 Å². The Morgan fingerprint density at radius 1 is 1.10 bits per heavy atom. The molecule has 4 aromatic rings. The highest BCUT2D eigenvalue weighted by Gasteiger charge is 2.29. The molecular weight excluding hydrogens is 690 g/mol. The smallest absolute Gasteiger partial charge is 0.497 e. The monoisotopic (exact) mass is 728 g/mol. The number of carbonyl (C=O) groups is 2. The molecule has 2 aromatic heterocycles. The Labute approximate surface area is 296 Å². The van der Waals surface area contributed by atoms with Gasteiger partial charge in [-0.2, -0.15) is 9.98 Å². The van der Waals surface area contributed by atoms with Crippen LogP contribution in [-0.4, -0.2) is 93.9 Å². The molecule has 1 atom stereocenters. The van der Waals surface area contributed by atoms with Gasteiger partial charge in [0.1, 0.15) is 36.5 Å². The zero-order valence-electron chi connectivity index (χ0n) is 28.7. The number of nitrogens with one attached hydrogen (secondary N) is 1. The van der Waals surface area contributed by atoms with Gasteiger partial charge in [0.25, 0.3) is 5.95 Å². The summed E-state index contributed by atoms with van der Waals surface area (Å²) in [6.07, 6.45) is 1.45. The molecule has 2 heterocycles. The van der Waals surface area contributed by atoms with Crippen molar-refractivity contribution in [3.63, 3.8) is 0 Å². The number of hydrogen-bond acceptors (Lipinski definition) is 14. The molecule has 0 aliphatic rings. The summed E-state index contributed by atoms with van der Waals surface area (Å²) in [5.41, 5.74) is 5.33. The number of aliphatic hydroxyl groups excluding tert-OH is 1. The topological polar surface area (TPSA) is 217 Å². The first-order valence-electron chi connectivity index (χ1n) is 15.8. The van der Waals surface area contributed by atoms with Crippen LogP contribution in [0.2, 0.25) is 0 Å². The maximum Gasteiger partial charge on any atom is 0.511 e. The molecule has 17 nitrogen and oxygen atoms in total. The van der Waals surface area contributed by atoms with E-state index in [4.69, 9.17) is 34.2 Å². The van der Waals surface area contributed by atoms with Crippen LogP contribution in [-0.2, 0) is 14.2 Å². The molecule has 1 amide bonds. The van der Waals surface area contributed by atoms with Crippen molar-refractivity contribution >= 4 is 23.8 Å². The van der Waals surface area contributed by atoms with Crippen LogP contribution in [0.5, 0.6) is 17.5 Å². The first-order valence-corrected chi connectivity index (χ1v) is 15.8. The minimum Gasteiger partial charge on any atom is -0.497 e. The number of rotatable bonds is 17. The third-order valence-corrected chi connectivity index (χ3v) is 6.71. The minimum atomic E-state index is -1.43. The Bertz CT molecular complexity index is 1830. The van der Waals surface area contributed by atoms with Gasteiger partial charge in [-0.05, 0) is 56.7 Å². The van der Waals surface area contributed by atoms with Crippen molar-refractivity contribution in [3.8, 4) is 23.5 Å². The van der Waals surface area contributed by atoms with E-state index < -0.39 is 43.2 Å². The number of aliphatic imine (C=N–C) groups is 1. The summed E-state index contributed by atoms with van der Waals surface area (Å²) in [5.74, 6) is -1.04. The number of carbonyl (C=O) groups excluding carboxylic acids is 2. The average molecular weight is 729 g/mol. The number of ether oxygens (including phenoxy) is 6. The van der Waals surface area contributed by atoms with Gasteiger partial charge in [0.2, 0.25) is 6.79 Å². The third kappa shape index (κ3) is 10.5. The van der Waals surface area contributed by atoms with Crippen LogP contribution in [0.3, 0.4) is 0 Å². The van der Waals surface area contributed by atoms with Crippen LogP contribution in [0.1, 0.15) is 50.2 Å². The highest BCUT2D eigenvalue weighted by Crippen LogP contribution is 2.36. The van der Waals surface area contributed by atoms with E-state index >= 15 is 4.39 Å². The van der Waals surface area contributed by atoms with E-state index in [1.165, 1.54) is 45.5 Å². The quantitative estimate of drug-likeness (QED) is 0.0599. The molecule has 0 aliphatic heterocycles. The number of anilines is 1. The van der Waals surface area contributed by atoms with Crippen molar-refractivity contribution in [2.75, 3.05) is 45.7 Å². The lowest BCUT2D eigenvalue weighted by molar-refractivity contribution is -0.0520. The summed E-state index contributed by atoms with van der Waals surface area (Å²) in [5, 5.41) is 17.0. The second-order valence-corrected chi connectivity index (χ2v) is 11.2. The summed E-state index contributed by atoms with van der Waals surface area (Å²) >= 11 is 0. The zero-order chi connectivity index (χ0) is 37.7. The summed E-state index contributed by atoms with van der Waals surface area (Å²) in [6, 6.07) is 9.11. The average Bonchev–Trinajstić information content (AvgIpc) is 3.56. The molecule has 0 saturated heterocycles. The molecule has 0 bridgehead atoms. The summed E-state index contributed by atoms with van der Waals surface area (Å²) in [7, 11) is 1.38. The van der Waals surface area contributed by atoms with Crippen molar-refractivity contribution in [2.45, 2.75) is 38.8 Å². The van der Waals surface area contributed by atoms with E-state index in [1.54, 1.807) is 30.3 Å². The van der Waals surface area contributed by atoms with Gasteiger partial charge in [0.15, 0.2) is 17.4 Å². The molecule has 0 aliphatic carbocycles. The molecule has 52 heavy (non-hydrogen) atoms. The molecule has 2 aromatic carbocycles. The largest absolute Gasteiger partial charge is 0.511 e. The summed E-state index contributed by atoms with van der Waals surface area (Å²) in [6.45, 7) is 2.46. The predicted octanol–water partition coefficient (Wildman–Crippen LogP) is 4.27.